The standard InChI is InChI=1S/C15H18N4O6S/c1-22-15-11-13(24-14(18-11)9-6-4-3-5-7-9)12(25-26(2,20)21)10(23-15)8-17-19-16/h3-7,10-13,15H,8H2,1-2H3/t10-,11+,12+,13-,15-/m1/s1. The van der Waals surface area contributed by atoms with Crippen molar-refractivity contribution in [2.24, 2.45) is 10.1 Å². The fourth-order valence-corrected chi connectivity index (χ4v) is 3.59. The maximum Gasteiger partial charge on any atom is 0.264 e. The lowest BCUT2D eigenvalue weighted by Crippen LogP contribution is -2.58. The molecule has 26 heavy (non-hydrogen) atoms. The first-order valence-electron chi connectivity index (χ1n) is 7.80. The zero-order valence-corrected chi connectivity index (χ0v) is 14.9. The number of aliphatic imine (C=N–C) groups is 1. The highest BCUT2D eigenvalue weighted by molar-refractivity contribution is 7.86. The Bertz CT molecular complexity index is 824. The molecule has 0 unspecified atom stereocenters. The van der Waals surface area contributed by atoms with Crippen molar-refractivity contribution < 1.29 is 26.8 Å². The highest BCUT2D eigenvalue weighted by Crippen LogP contribution is 2.34. The van der Waals surface area contributed by atoms with Gasteiger partial charge in [0.15, 0.2) is 12.4 Å². The summed E-state index contributed by atoms with van der Waals surface area (Å²) in [4.78, 5) is 7.18. The molecule has 140 valence electrons. The summed E-state index contributed by atoms with van der Waals surface area (Å²) in [6.45, 7) is -0.135. The summed E-state index contributed by atoms with van der Waals surface area (Å²) in [5.74, 6) is 0.345. The Hall–Kier alpha value is -2.17. The minimum atomic E-state index is -3.81. The van der Waals surface area contributed by atoms with Crippen molar-refractivity contribution in [3.05, 3.63) is 46.3 Å². The number of hydrogen-bond acceptors (Lipinski definition) is 8. The van der Waals surface area contributed by atoms with Crippen LogP contribution in [0.15, 0.2) is 40.4 Å². The third kappa shape index (κ3) is 3.97. The van der Waals surface area contributed by atoms with Crippen molar-refractivity contribution in [3.63, 3.8) is 0 Å². The first kappa shape index (κ1) is 18.6. The van der Waals surface area contributed by atoms with Crippen LogP contribution in [0.3, 0.4) is 0 Å². The average molecular weight is 382 g/mol. The number of fused-ring (bicyclic) bond motifs is 1. The monoisotopic (exact) mass is 382 g/mol. The Morgan fingerprint density at radius 3 is 2.69 bits per heavy atom. The van der Waals surface area contributed by atoms with Crippen LogP contribution in [0.5, 0.6) is 0 Å². The molecule has 1 fully saturated rings. The third-order valence-electron chi connectivity index (χ3n) is 3.99. The summed E-state index contributed by atoms with van der Waals surface area (Å²) in [6.07, 6.45) is -2.52. The maximum absolute atomic E-state index is 11.7. The van der Waals surface area contributed by atoms with Gasteiger partial charge in [-0.05, 0) is 17.7 Å². The smallest absolute Gasteiger partial charge is 0.264 e. The van der Waals surface area contributed by atoms with Gasteiger partial charge in [0.1, 0.15) is 12.1 Å². The fraction of sp³-hybridized carbons (Fsp3) is 0.533. The number of ether oxygens (including phenoxy) is 3. The van der Waals surface area contributed by atoms with Crippen molar-refractivity contribution in [1.82, 2.24) is 0 Å². The summed E-state index contributed by atoms with van der Waals surface area (Å²) in [6, 6.07) is 8.55. The molecule has 11 heteroatoms. The Morgan fingerprint density at radius 1 is 1.35 bits per heavy atom. The van der Waals surface area contributed by atoms with Gasteiger partial charge in [-0.25, -0.2) is 4.99 Å². The first-order chi connectivity index (χ1) is 12.4. The lowest BCUT2D eigenvalue weighted by molar-refractivity contribution is -0.234. The summed E-state index contributed by atoms with van der Waals surface area (Å²) >= 11 is 0. The van der Waals surface area contributed by atoms with E-state index in [0.717, 1.165) is 11.8 Å². The molecule has 0 bridgehead atoms. The lowest BCUT2D eigenvalue weighted by Gasteiger charge is -2.40. The van der Waals surface area contributed by atoms with Gasteiger partial charge in [0, 0.05) is 17.6 Å². The zero-order chi connectivity index (χ0) is 18.7. The van der Waals surface area contributed by atoms with Crippen molar-refractivity contribution in [3.8, 4) is 0 Å². The normalized spacial score (nSPS) is 30.7. The molecule has 0 aromatic heterocycles. The van der Waals surface area contributed by atoms with E-state index in [1.807, 2.05) is 30.3 Å². The predicted octanol–water partition coefficient (Wildman–Crippen LogP) is 1.23. The molecule has 1 saturated heterocycles. The third-order valence-corrected chi connectivity index (χ3v) is 4.56. The van der Waals surface area contributed by atoms with Crippen molar-refractivity contribution in [2.75, 3.05) is 19.9 Å². The van der Waals surface area contributed by atoms with E-state index in [1.54, 1.807) is 0 Å². The molecule has 2 aliphatic heterocycles. The Labute approximate surface area is 150 Å². The molecular weight excluding hydrogens is 364 g/mol. The van der Waals surface area contributed by atoms with Crippen LogP contribution in [0.4, 0.5) is 0 Å². The number of azide groups is 1. The van der Waals surface area contributed by atoms with Gasteiger partial charge in [-0.2, -0.15) is 8.42 Å². The molecular formula is C15H18N4O6S. The van der Waals surface area contributed by atoms with E-state index in [-0.39, 0.29) is 6.54 Å². The number of hydrogen-bond donors (Lipinski definition) is 0. The topological polar surface area (TPSA) is 132 Å². The summed E-state index contributed by atoms with van der Waals surface area (Å²) in [7, 11) is -2.37. The van der Waals surface area contributed by atoms with E-state index in [1.165, 1.54) is 7.11 Å². The quantitative estimate of drug-likeness (QED) is 0.314. The van der Waals surface area contributed by atoms with Crippen molar-refractivity contribution in [1.29, 1.82) is 0 Å². The van der Waals surface area contributed by atoms with Crippen LogP contribution in [0.25, 0.3) is 10.4 Å². The molecule has 1 aromatic rings. The van der Waals surface area contributed by atoms with Gasteiger partial charge in [0.2, 0.25) is 5.90 Å². The largest absolute Gasteiger partial charge is 0.469 e. The summed E-state index contributed by atoms with van der Waals surface area (Å²) < 4.78 is 45.6. The number of nitrogens with zero attached hydrogens (tertiary/aromatic N) is 4. The molecule has 0 radical (unpaired) electrons. The van der Waals surface area contributed by atoms with Gasteiger partial charge in [-0.15, -0.1) is 0 Å². The van der Waals surface area contributed by atoms with Crippen LogP contribution in [0.1, 0.15) is 5.56 Å². The van der Waals surface area contributed by atoms with Crippen molar-refractivity contribution in [2.45, 2.75) is 30.6 Å². The fourth-order valence-electron chi connectivity index (χ4n) is 2.96. The van der Waals surface area contributed by atoms with E-state index in [9.17, 15) is 8.42 Å². The molecule has 5 atom stereocenters. The van der Waals surface area contributed by atoms with E-state index in [2.05, 4.69) is 15.0 Å². The minimum Gasteiger partial charge on any atom is -0.469 e. The van der Waals surface area contributed by atoms with Crippen LogP contribution in [-0.4, -0.2) is 64.9 Å². The number of rotatable bonds is 6. The molecule has 0 amide bonds. The van der Waals surface area contributed by atoms with Crippen molar-refractivity contribution >= 4 is 16.0 Å². The van der Waals surface area contributed by atoms with Crippen LogP contribution in [0.2, 0.25) is 0 Å². The molecule has 0 N–H and O–H groups in total. The molecule has 2 aliphatic rings. The van der Waals surface area contributed by atoms with Gasteiger partial charge in [-0.3, -0.25) is 4.18 Å². The highest BCUT2D eigenvalue weighted by Gasteiger charge is 2.53. The lowest BCUT2D eigenvalue weighted by atomic mass is 9.97. The minimum absolute atomic E-state index is 0.135. The van der Waals surface area contributed by atoms with E-state index < -0.39 is 40.8 Å². The molecule has 0 aliphatic carbocycles. The Kier molecular flexibility index (Phi) is 5.44. The van der Waals surface area contributed by atoms with Gasteiger partial charge >= 0.3 is 0 Å². The summed E-state index contributed by atoms with van der Waals surface area (Å²) in [5.41, 5.74) is 9.31. The van der Waals surface area contributed by atoms with Gasteiger partial charge < -0.3 is 14.2 Å². The SMILES string of the molecule is CO[C@@H]1O[C@H](CN=[N+]=[N-])[C@H](OS(C)(=O)=O)[C@@H]2OC(c3ccccc3)=N[C@H]12. The van der Waals surface area contributed by atoms with E-state index in [0.29, 0.717) is 5.90 Å². The number of methoxy groups -OCH3 is 1. The first-order valence-corrected chi connectivity index (χ1v) is 9.62. The Balaban J connectivity index is 1.93. The van der Waals surface area contributed by atoms with Gasteiger partial charge in [0.25, 0.3) is 10.1 Å². The number of benzene rings is 1. The van der Waals surface area contributed by atoms with Crippen LogP contribution >= 0.6 is 0 Å². The molecule has 3 rings (SSSR count). The second kappa shape index (κ2) is 7.60. The van der Waals surface area contributed by atoms with Crippen LogP contribution in [0, 0.1) is 0 Å². The van der Waals surface area contributed by atoms with Gasteiger partial charge in [-0.1, -0.05) is 23.3 Å². The molecule has 2 heterocycles. The second-order valence-electron chi connectivity index (χ2n) is 5.83. The maximum atomic E-state index is 11.7. The van der Waals surface area contributed by atoms with Crippen LogP contribution < -0.4 is 0 Å². The predicted molar refractivity (Wildman–Crippen MR) is 91.0 cm³/mol. The van der Waals surface area contributed by atoms with E-state index in [4.69, 9.17) is 23.9 Å². The average Bonchev–Trinajstić information content (AvgIpc) is 3.06. The molecule has 0 spiro atoms. The molecule has 1 aromatic carbocycles. The molecule has 10 nitrogen and oxygen atoms in total. The second-order valence-corrected chi connectivity index (χ2v) is 7.43. The summed E-state index contributed by atoms with van der Waals surface area (Å²) in [5, 5.41) is 3.47. The molecule has 0 saturated carbocycles. The highest BCUT2D eigenvalue weighted by atomic mass is 32.2. The van der Waals surface area contributed by atoms with Crippen LogP contribution in [-0.2, 0) is 28.5 Å². The van der Waals surface area contributed by atoms with Gasteiger partial charge in [0.05, 0.1) is 18.9 Å². The Morgan fingerprint density at radius 2 is 2.08 bits per heavy atom. The van der Waals surface area contributed by atoms with E-state index >= 15 is 0 Å². The zero-order valence-electron chi connectivity index (χ0n) is 14.1.